The standard InChI is InChI=1S/C21H22N2O4/c1-4-22-17-11-10-16(21(26)27-5-2)12-18(17)23(20(25)19(22)24)13-15-8-6-14(3)7-9-15/h6-12H,4-5,13H2,1-3H3. The van der Waals surface area contributed by atoms with E-state index >= 15 is 0 Å². The van der Waals surface area contributed by atoms with E-state index in [1.807, 2.05) is 38.1 Å². The van der Waals surface area contributed by atoms with Crippen molar-refractivity contribution in [1.82, 2.24) is 9.13 Å². The number of aromatic nitrogens is 2. The first-order chi connectivity index (χ1) is 13.0. The van der Waals surface area contributed by atoms with Crippen LogP contribution in [0.5, 0.6) is 0 Å². The van der Waals surface area contributed by atoms with Crippen molar-refractivity contribution in [1.29, 1.82) is 0 Å². The summed E-state index contributed by atoms with van der Waals surface area (Å²) in [5, 5.41) is 0. The number of carbonyl (C=O) groups excluding carboxylic acids is 1. The summed E-state index contributed by atoms with van der Waals surface area (Å²) in [6, 6.07) is 12.7. The minimum absolute atomic E-state index is 0.252. The summed E-state index contributed by atoms with van der Waals surface area (Å²) in [4.78, 5) is 37.4. The number of rotatable bonds is 5. The zero-order valence-corrected chi connectivity index (χ0v) is 15.7. The molecule has 0 atom stereocenters. The van der Waals surface area contributed by atoms with E-state index in [-0.39, 0.29) is 13.2 Å². The van der Waals surface area contributed by atoms with Gasteiger partial charge in [0.05, 0.1) is 29.7 Å². The minimum atomic E-state index is -0.606. The Morgan fingerprint density at radius 1 is 0.926 bits per heavy atom. The number of ether oxygens (including phenoxy) is 1. The smallest absolute Gasteiger partial charge is 0.338 e. The van der Waals surface area contributed by atoms with Crippen molar-refractivity contribution in [3.05, 3.63) is 79.9 Å². The molecule has 0 saturated heterocycles. The predicted octanol–water partition coefficient (Wildman–Crippen LogP) is 2.72. The fourth-order valence-electron chi connectivity index (χ4n) is 3.11. The number of hydrogen-bond acceptors (Lipinski definition) is 4. The highest BCUT2D eigenvalue weighted by Crippen LogP contribution is 2.16. The molecule has 0 aliphatic rings. The molecule has 6 heteroatoms. The lowest BCUT2D eigenvalue weighted by atomic mass is 10.1. The fraction of sp³-hybridized carbons (Fsp3) is 0.286. The molecule has 0 aliphatic heterocycles. The van der Waals surface area contributed by atoms with Crippen LogP contribution < -0.4 is 11.1 Å². The van der Waals surface area contributed by atoms with E-state index in [1.165, 1.54) is 9.13 Å². The quantitative estimate of drug-likeness (QED) is 0.514. The van der Waals surface area contributed by atoms with Crippen LogP contribution in [-0.4, -0.2) is 21.7 Å². The van der Waals surface area contributed by atoms with E-state index in [9.17, 15) is 14.4 Å². The highest BCUT2D eigenvalue weighted by atomic mass is 16.5. The molecule has 0 saturated carbocycles. The Morgan fingerprint density at radius 2 is 1.59 bits per heavy atom. The molecule has 6 nitrogen and oxygen atoms in total. The number of esters is 1. The van der Waals surface area contributed by atoms with Crippen molar-refractivity contribution < 1.29 is 9.53 Å². The molecule has 0 spiro atoms. The van der Waals surface area contributed by atoms with Crippen LogP contribution >= 0.6 is 0 Å². The average Bonchev–Trinajstić information content (AvgIpc) is 2.67. The monoisotopic (exact) mass is 366 g/mol. The molecule has 0 N–H and O–H groups in total. The first-order valence-corrected chi connectivity index (χ1v) is 8.96. The molecule has 1 heterocycles. The van der Waals surface area contributed by atoms with Crippen LogP contribution in [0.25, 0.3) is 11.0 Å². The first kappa shape index (κ1) is 18.6. The average molecular weight is 366 g/mol. The molecule has 1 aromatic heterocycles. The second kappa shape index (κ2) is 7.61. The Bertz CT molecular complexity index is 1110. The zero-order valence-electron chi connectivity index (χ0n) is 15.7. The Kier molecular flexibility index (Phi) is 5.26. The molecular formula is C21H22N2O4. The van der Waals surface area contributed by atoms with Crippen molar-refractivity contribution >= 4 is 17.0 Å². The molecule has 0 unspecified atom stereocenters. The number of benzene rings is 2. The summed E-state index contributed by atoms with van der Waals surface area (Å²) in [6.07, 6.45) is 0. The molecule has 0 amide bonds. The third-order valence-electron chi connectivity index (χ3n) is 4.52. The Morgan fingerprint density at radius 3 is 2.22 bits per heavy atom. The summed E-state index contributed by atoms with van der Waals surface area (Å²) < 4.78 is 7.92. The van der Waals surface area contributed by atoms with Crippen LogP contribution in [0, 0.1) is 6.92 Å². The van der Waals surface area contributed by atoms with Gasteiger partial charge in [0.15, 0.2) is 0 Å². The van der Waals surface area contributed by atoms with Crippen LogP contribution in [0.2, 0.25) is 0 Å². The summed E-state index contributed by atoms with van der Waals surface area (Å²) >= 11 is 0. The second-order valence-electron chi connectivity index (χ2n) is 6.35. The van der Waals surface area contributed by atoms with Crippen molar-refractivity contribution in [2.45, 2.75) is 33.9 Å². The Labute approximate surface area is 156 Å². The van der Waals surface area contributed by atoms with Crippen LogP contribution in [0.3, 0.4) is 0 Å². The van der Waals surface area contributed by atoms with E-state index < -0.39 is 17.1 Å². The summed E-state index contributed by atoms with van der Waals surface area (Å²) in [5.74, 6) is -0.456. The van der Waals surface area contributed by atoms with Gasteiger partial charge >= 0.3 is 17.1 Å². The largest absolute Gasteiger partial charge is 0.462 e. The van der Waals surface area contributed by atoms with Gasteiger partial charge in [-0.15, -0.1) is 0 Å². The minimum Gasteiger partial charge on any atom is -0.462 e. The molecule has 27 heavy (non-hydrogen) atoms. The highest BCUT2D eigenvalue weighted by Gasteiger charge is 2.15. The maximum absolute atomic E-state index is 12.8. The summed E-state index contributed by atoms with van der Waals surface area (Å²) in [6.45, 7) is 6.42. The molecule has 2 aromatic carbocycles. The predicted molar refractivity (Wildman–Crippen MR) is 104 cm³/mol. The van der Waals surface area contributed by atoms with E-state index in [2.05, 4.69) is 0 Å². The highest BCUT2D eigenvalue weighted by molar-refractivity contribution is 5.93. The van der Waals surface area contributed by atoms with Gasteiger partial charge in [-0.05, 0) is 44.5 Å². The molecule has 0 fully saturated rings. The molecule has 0 bridgehead atoms. The van der Waals surface area contributed by atoms with Crippen LogP contribution in [0.15, 0.2) is 52.1 Å². The van der Waals surface area contributed by atoms with E-state index in [4.69, 9.17) is 4.74 Å². The van der Waals surface area contributed by atoms with E-state index in [1.54, 1.807) is 25.1 Å². The van der Waals surface area contributed by atoms with Crippen molar-refractivity contribution in [2.24, 2.45) is 0 Å². The normalized spacial score (nSPS) is 10.9. The van der Waals surface area contributed by atoms with E-state index in [0.29, 0.717) is 23.1 Å². The third kappa shape index (κ3) is 3.56. The molecular weight excluding hydrogens is 344 g/mol. The number of aryl methyl sites for hydroxylation is 2. The van der Waals surface area contributed by atoms with Gasteiger partial charge in [-0.25, -0.2) is 4.79 Å². The maximum atomic E-state index is 12.8. The molecule has 3 aromatic rings. The SMILES string of the molecule is CCOC(=O)c1ccc2c(c1)n(Cc1ccc(C)cc1)c(=O)c(=O)n2CC. The van der Waals surface area contributed by atoms with Crippen LogP contribution in [0.4, 0.5) is 0 Å². The lowest BCUT2D eigenvalue weighted by Gasteiger charge is -2.15. The van der Waals surface area contributed by atoms with Gasteiger partial charge < -0.3 is 9.30 Å². The van der Waals surface area contributed by atoms with Gasteiger partial charge in [0.25, 0.3) is 0 Å². The Hall–Kier alpha value is -3.15. The molecule has 0 aliphatic carbocycles. The summed E-state index contributed by atoms with van der Waals surface area (Å²) in [5.41, 5.74) is 2.34. The molecule has 3 rings (SSSR count). The van der Waals surface area contributed by atoms with Crippen molar-refractivity contribution in [3.63, 3.8) is 0 Å². The van der Waals surface area contributed by atoms with Gasteiger partial charge in [0.2, 0.25) is 0 Å². The fourth-order valence-corrected chi connectivity index (χ4v) is 3.11. The number of nitrogens with zero attached hydrogens (tertiary/aromatic N) is 2. The topological polar surface area (TPSA) is 70.3 Å². The number of fused-ring (bicyclic) bond motifs is 1. The van der Waals surface area contributed by atoms with Gasteiger partial charge in [0, 0.05) is 6.54 Å². The maximum Gasteiger partial charge on any atom is 0.338 e. The van der Waals surface area contributed by atoms with Crippen LogP contribution in [-0.2, 0) is 17.8 Å². The second-order valence-corrected chi connectivity index (χ2v) is 6.35. The number of carbonyl (C=O) groups is 1. The van der Waals surface area contributed by atoms with Crippen molar-refractivity contribution in [3.8, 4) is 0 Å². The lowest BCUT2D eigenvalue weighted by Crippen LogP contribution is -2.41. The van der Waals surface area contributed by atoms with Gasteiger partial charge in [-0.1, -0.05) is 29.8 Å². The van der Waals surface area contributed by atoms with Gasteiger partial charge in [-0.2, -0.15) is 0 Å². The number of hydrogen-bond donors (Lipinski definition) is 0. The summed E-state index contributed by atoms with van der Waals surface area (Å²) in [7, 11) is 0. The van der Waals surface area contributed by atoms with Crippen molar-refractivity contribution in [2.75, 3.05) is 6.61 Å². The Balaban J connectivity index is 2.25. The van der Waals surface area contributed by atoms with E-state index in [0.717, 1.165) is 11.1 Å². The zero-order chi connectivity index (χ0) is 19.6. The lowest BCUT2D eigenvalue weighted by molar-refractivity contribution is 0.0526. The molecule has 0 radical (unpaired) electrons. The van der Waals surface area contributed by atoms with Gasteiger partial charge in [-0.3, -0.25) is 14.2 Å². The first-order valence-electron chi connectivity index (χ1n) is 8.96. The molecule has 140 valence electrons. The van der Waals surface area contributed by atoms with Crippen LogP contribution in [0.1, 0.15) is 35.3 Å². The third-order valence-corrected chi connectivity index (χ3v) is 4.52. The van der Waals surface area contributed by atoms with Gasteiger partial charge in [0.1, 0.15) is 0 Å².